The highest BCUT2D eigenvalue weighted by Crippen LogP contribution is 2.18. The lowest BCUT2D eigenvalue weighted by atomic mass is 10.00. The molecule has 0 aliphatic heterocycles. The third-order valence-electron chi connectivity index (χ3n) is 6.13. The number of aryl methyl sites for hydroxylation is 2. The fraction of sp³-hybridized carbons (Fsp3) is 0.500. The van der Waals surface area contributed by atoms with Crippen LogP contribution in [0.4, 0.5) is 0 Å². The summed E-state index contributed by atoms with van der Waals surface area (Å²) in [5.74, 6) is 0.443. The van der Waals surface area contributed by atoms with Gasteiger partial charge in [0.05, 0.1) is 0 Å². The van der Waals surface area contributed by atoms with E-state index in [0.29, 0.717) is 31.7 Å². The van der Waals surface area contributed by atoms with Crippen LogP contribution in [0.2, 0.25) is 0 Å². The third kappa shape index (κ3) is 7.51. The Labute approximate surface area is 194 Å². The molecule has 0 aliphatic carbocycles. The number of hydrogen-bond donors (Lipinski definition) is 1. The van der Waals surface area contributed by atoms with Crippen molar-refractivity contribution < 1.29 is 9.59 Å². The molecule has 0 bridgehead atoms. The molecule has 174 valence electrons. The van der Waals surface area contributed by atoms with Gasteiger partial charge >= 0.3 is 0 Å². The second kappa shape index (κ2) is 12.4. The average molecular weight is 437 g/mol. The molecule has 4 heteroatoms. The van der Waals surface area contributed by atoms with Crippen molar-refractivity contribution in [3.63, 3.8) is 0 Å². The summed E-state index contributed by atoms with van der Waals surface area (Å²) in [5.41, 5.74) is 4.67. The topological polar surface area (TPSA) is 49.4 Å². The van der Waals surface area contributed by atoms with Gasteiger partial charge in [-0.1, -0.05) is 81.8 Å². The Morgan fingerprint density at radius 1 is 0.875 bits per heavy atom. The highest BCUT2D eigenvalue weighted by Gasteiger charge is 2.29. The predicted octanol–water partition coefficient (Wildman–Crippen LogP) is 5.77. The van der Waals surface area contributed by atoms with Crippen LogP contribution in [0.3, 0.4) is 0 Å². The minimum atomic E-state index is -0.471. The van der Waals surface area contributed by atoms with Crippen molar-refractivity contribution in [2.24, 2.45) is 0 Å². The first-order valence-corrected chi connectivity index (χ1v) is 12.0. The fourth-order valence-corrected chi connectivity index (χ4v) is 3.71. The first kappa shape index (κ1) is 25.6. The normalized spacial score (nSPS) is 13.0. The number of benzene rings is 2. The van der Waals surface area contributed by atoms with Gasteiger partial charge < -0.3 is 10.2 Å². The molecule has 0 aliphatic rings. The Hall–Kier alpha value is -2.62. The van der Waals surface area contributed by atoms with Crippen LogP contribution < -0.4 is 5.32 Å². The van der Waals surface area contributed by atoms with Crippen molar-refractivity contribution in [3.05, 3.63) is 70.8 Å². The molecule has 2 atom stereocenters. The fourth-order valence-electron chi connectivity index (χ4n) is 3.71. The summed E-state index contributed by atoms with van der Waals surface area (Å²) in [6, 6.07) is 16.3. The number of rotatable bonds is 11. The van der Waals surface area contributed by atoms with Crippen molar-refractivity contribution in [1.82, 2.24) is 10.2 Å². The number of amides is 2. The Morgan fingerprint density at radius 2 is 1.47 bits per heavy atom. The molecule has 1 N–H and O–H groups in total. The van der Waals surface area contributed by atoms with Crippen LogP contribution in [0.1, 0.15) is 82.1 Å². The van der Waals surface area contributed by atoms with Crippen LogP contribution in [-0.4, -0.2) is 28.8 Å². The SMILES string of the molecule is CC[C@H](C(=O)N[C@@H](C)CC)N(Cc1ccc(C)cc1)C(=O)CCc1ccc(C(C)C)cc1. The summed E-state index contributed by atoms with van der Waals surface area (Å²) >= 11 is 0. The lowest BCUT2D eigenvalue weighted by Crippen LogP contribution is -2.50. The van der Waals surface area contributed by atoms with E-state index in [1.165, 1.54) is 11.1 Å². The second-order valence-corrected chi connectivity index (χ2v) is 9.15. The van der Waals surface area contributed by atoms with Gasteiger partial charge in [0.25, 0.3) is 0 Å². The highest BCUT2D eigenvalue weighted by molar-refractivity contribution is 5.87. The van der Waals surface area contributed by atoms with Crippen LogP contribution in [0.25, 0.3) is 0 Å². The Kier molecular flexibility index (Phi) is 9.96. The van der Waals surface area contributed by atoms with Gasteiger partial charge in [-0.15, -0.1) is 0 Å². The molecule has 0 heterocycles. The van der Waals surface area contributed by atoms with Crippen molar-refractivity contribution in [3.8, 4) is 0 Å². The molecular formula is C28H40N2O2. The average Bonchev–Trinajstić information content (AvgIpc) is 2.78. The lowest BCUT2D eigenvalue weighted by molar-refractivity contribution is -0.141. The Bertz CT molecular complexity index is 856. The maximum Gasteiger partial charge on any atom is 0.243 e. The lowest BCUT2D eigenvalue weighted by Gasteiger charge is -2.31. The van der Waals surface area contributed by atoms with Crippen LogP contribution in [0, 0.1) is 6.92 Å². The molecular weight excluding hydrogens is 396 g/mol. The molecule has 2 amide bonds. The van der Waals surface area contributed by atoms with E-state index in [4.69, 9.17) is 0 Å². The molecule has 0 radical (unpaired) electrons. The zero-order chi connectivity index (χ0) is 23.7. The third-order valence-corrected chi connectivity index (χ3v) is 6.13. The minimum absolute atomic E-state index is 0.0182. The molecule has 32 heavy (non-hydrogen) atoms. The molecule has 2 rings (SSSR count). The van der Waals surface area contributed by atoms with E-state index in [0.717, 1.165) is 17.5 Å². The van der Waals surface area contributed by atoms with Crippen molar-refractivity contribution >= 4 is 11.8 Å². The maximum absolute atomic E-state index is 13.4. The number of carbonyl (C=O) groups excluding carboxylic acids is 2. The van der Waals surface area contributed by atoms with Crippen LogP contribution in [0.15, 0.2) is 48.5 Å². The summed E-state index contributed by atoms with van der Waals surface area (Å²) in [4.78, 5) is 28.1. The van der Waals surface area contributed by atoms with Crippen LogP contribution in [-0.2, 0) is 22.6 Å². The molecule has 0 spiro atoms. The largest absolute Gasteiger partial charge is 0.352 e. The van der Waals surface area contributed by atoms with Crippen molar-refractivity contribution in [2.75, 3.05) is 0 Å². The van der Waals surface area contributed by atoms with Crippen LogP contribution in [0.5, 0.6) is 0 Å². The summed E-state index contributed by atoms with van der Waals surface area (Å²) in [5, 5.41) is 3.07. The van der Waals surface area contributed by atoms with Gasteiger partial charge in [0.1, 0.15) is 6.04 Å². The monoisotopic (exact) mass is 436 g/mol. The smallest absolute Gasteiger partial charge is 0.243 e. The summed E-state index contributed by atoms with van der Waals surface area (Å²) in [7, 11) is 0. The van der Waals surface area contributed by atoms with E-state index >= 15 is 0 Å². The summed E-state index contributed by atoms with van der Waals surface area (Å²) in [6.45, 7) is 12.9. The number of nitrogens with one attached hydrogen (secondary N) is 1. The Morgan fingerprint density at radius 3 is 2.00 bits per heavy atom. The zero-order valence-corrected chi connectivity index (χ0v) is 20.7. The summed E-state index contributed by atoms with van der Waals surface area (Å²) < 4.78 is 0. The van der Waals surface area contributed by atoms with Gasteiger partial charge in [0.15, 0.2) is 0 Å². The van der Waals surface area contributed by atoms with Gasteiger partial charge in [0.2, 0.25) is 11.8 Å². The Balaban J connectivity index is 2.18. The molecule has 2 aromatic rings. The highest BCUT2D eigenvalue weighted by atomic mass is 16.2. The number of hydrogen-bond acceptors (Lipinski definition) is 2. The van der Waals surface area contributed by atoms with Crippen LogP contribution >= 0.6 is 0 Å². The second-order valence-electron chi connectivity index (χ2n) is 9.15. The molecule has 0 aromatic heterocycles. The molecule has 2 aromatic carbocycles. The van der Waals surface area contributed by atoms with Crippen molar-refractivity contribution in [2.45, 2.75) is 91.8 Å². The standard InChI is InChI=1S/C28H40N2O2/c1-7-22(6)29-28(32)26(8-2)30(19-24-11-9-21(5)10-12-24)27(31)18-15-23-13-16-25(17-14-23)20(3)4/h9-14,16-17,20,22,26H,7-8,15,18-19H2,1-6H3,(H,29,32)/t22-,26+/m0/s1. The van der Waals surface area contributed by atoms with E-state index in [9.17, 15) is 9.59 Å². The molecule has 4 nitrogen and oxygen atoms in total. The summed E-state index contributed by atoms with van der Waals surface area (Å²) in [6.07, 6.45) is 2.51. The zero-order valence-electron chi connectivity index (χ0n) is 20.7. The van der Waals surface area contributed by atoms with E-state index in [2.05, 4.69) is 55.6 Å². The van der Waals surface area contributed by atoms with Gasteiger partial charge in [0, 0.05) is 19.0 Å². The first-order valence-electron chi connectivity index (χ1n) is 12.0. The molecule has 0 saturated carbocycles. The number of nitrogens with zero attached hydrogens (tertiary/aromatic N) is 1. The van der Waals surface area contributed by atoms with E-state index in [-0.39, 0.29) is 17.9 Å². The van der Waals surface area contributed by atoms with E-state index in [1.54, 1.807) is 4.90 Å². The first-order chi connectivity index (χ1) is 15.2. The molecule has 0 fully saturated rings. The van der Waals surface area contributed by atoms with E-state index < -0.39 is 6.04 Å². The molecule has 0 unspecified atom stereocenters. The predicted molar refractivity (Wildman–Crippen MR) is 133 cm³/mol. The quantitative estimate of drug-likeness (QED) is 0.486. The van der Waals surface area contributed by atoms with Gasteiger partial charge in [-0.3, -0.25) is 9.59 Å². The van der Waals surface area contributed by atoms with Gasteiger partial charge in [-0.2, -0.15) is 0 Å². The molecule has 0 saturated heterocycles. The van der Waals surface area contributed by atoms with Crippen molar-refractivity contribution in [1.29, 1.82) is 0 Å². The number of carbonyl (C=O) groups is 2. The van der Waals surface area contributed by atoms with Gasteiger partial charge in [-0.05, 0) is 55.7 Å². The van der Waals surface area contributed by atoms with Gasteiger partial charge in [-0.25, -0.2) is 0 Å². The van der Waals surface area contributed by atoms with E-state index in [1.807, 2.05) is 39.8 Å². The maximum atomic E-state index is 13.4. The minimum Gasteiger partial charge on any atom is -0.352 e.